The molecule has 1 aromatic carbocycles. The highest BCUT2D eigenvalue weighted by Crippen LogP contribution is 2.18. The van der Waals surface area contributed by atoms with Crippen LogP contribution >= 0.6 is 24.0 Å². The molecule has 0 spiro atoms. The number of ether oxygens (including phenoxy) is 1. The van der Waals surface area contributed by atoms with Gasteiger partial charge in [0.2, 0.25) is 0 Å². The van der Waals surface area contributed by atoms with Crippen LogP contribution in [-0.4, -0.2) is 30.2 Å². The summed E-state index contributed by atoms with van der Waals surface area (Å²) in [6.07, 6.45) is -3.38. The van der Waals surface area contributed by atoms with Crippen LogP contribution in [0, 0.1) is 0 Å². The van der Waals surface area contributed by atoms with Crippen molar-refractivity contribution >= 4 is 29.9 Å². The van der Waals surface area contributed by atoms with Crippen LogP contribution in [0.3, 0.4) is 0 Å². The molecule has 0 atom stereocenters. The average molecular weight is 508 g/mol. The molecule has 0 fully saturated rings. The number of guanidine groups is 1. The van der Waals surface area contributed by atoms with Crippen molar-refractivity contribution in [1.29, 1.82) is 0 Å². The first-order chi connectivity index (χ1) is 13.0. The Morgan fingerprint density at radius 2 is 1.86 bits per heavy atom. The molecular weight excluding hydrogens is 484 g/mol. The number of hydrogen-bond donors (Lipinski definition) is 2. The highest BCUT2D eigenvalue weighted by atomic mass is 127. The number of aromatic nitrogens is 1. The first-order valence-corrected chi connectivity index (χ1v) is 8.67. The van der Waals surface area contributed by atoms with Gasteiger partial charge in [0.25, 0.3) is 0 Å². The highest BCUT2D eigenvalue weighted by molar-refractivity contribution is 14.0. The van der Waals surface area contributed by atoms with Gasteiger partial charge >= 0.3 is 6.18 Å². The summed E-state index contributed by atoms with van der Waals surface area (Å²) in [5, 5.41) is 5.61. The van der Waals surface area contributed by atoms with Gasteiger partial charge in [-0.05, 0) is 36.8 Å². The number of nitrogens with one attached hydrogen (secondary N) is 2. The molecule has 0 amide bonds. The van der Waals surface area contributed by atoms with E-state index >= 15 is 0 Å². The Hall–Kier alpha value is -2.04. The summed E-state index contributed by atoms with van der Waals surface area (Å²) in [5.41, 5.74) is 1.76. The van der Waals surface area contributed by atoms with Crippen LogP contribution in [0.1, 0.15) is 24.6 Å². The number of nitrogens with zero attached hydrogens (tertiary/aromatic N) is 2. The van der Waals surface area contributed by atoms with E-state index in [-0.39, 0.29) is 30.5 Å². The van der Waals surface area contributed by atoms with Gasteiger partial charge in [-0.2, -0.15) is 13.2 Å². The minimum absolute atomic E-state index is 0. The Balaban J connectivity index is 0.00000392. The molecule has 0 aliphatic rings. The molecule has 154 valence electrons. The summed E-state index contributed by atoms with van der Waals surface area (Å²) in [4.78, 5) is 8.49. The van der Waals surface area contributed by atoms with Crippen molar-refractivity contribution in [2.24, 2.45) is 4.99 Å². The second-order valence-electron chi connectivity index (χ2n) is 5.74. The Kier molecular flexibility index (Phi) is 10.6. The second-order valence-corrected chi connectivity index (χ2v) is 5.74. The SMILES string of the molecule is CCNC(=NCc1ccc(OCc2ccccn2)cc1)NCCC(F)(F)F.I. The van der Waals surface area contributed by atoms with E-state index in [1.54, 1.807) is 6.20 Å². The zero-order valence-electron chi connectivity index (χ0n) is 15.5. The number of aliphatic imine (C=N–C) groups is 1. The van der Waals surface area contributed by atoms with Gasteiger partial charge in [0.05, 0.1) is 18.7 Å². The summed E-state index contributed by atoms with van der Waals surface area (Å²) < 4.78 is 42.4. The molecule has 0 saturated heterocycles. The first kappa shape index (κ1) is 24.0. The van der Waals surface area contributed by atoms with Gasteiger partial charge in [0, 0.05) is 19.3 Å². The maximum Gasteiger partial charge on any atom is 0.390 e. The fraction of sp³-hybridized carbons (Fsp3) is 0.368. The lowest BCUT2D eigenvalue weighted by atomic mass is 10.2. The van der Waals surface area contributed by atoms with Crippen molar-refractivity contribution in [2.45, 2.75) is 32.7 Å². The van der Waals surface area contributed by atoms with Crippen molar-refractivity contribution in [3.05, 3.63) is 59.9 Å². The molecule has 2 aromatic rings. The first-order valence-electron chi connectivity index (χ1n) is 8.67. The predicted molar refractivity (Wildman–Crippen MR) is 114 cm³/mol. The molecule has 2 N–H and O–H groups in total. The minimum Gasteiger partial charge on any atom is -0.487 e. The number of pyridine rings is 1. The maximum atomic E-state index is 12.2. The largest absolute Gasteiger partial charge is 0.487 e. The highest BCUT2D eigenvalue weighted by Gasteiger charge is 2.26. The summed E-state index contributed by atoms with van der Waals surface area (Å²) >= 11 is 0. The third kappa shape index (κ3) is 9.77. The van der Waals surface area contributed by atoms with E-state index in [0.717, 1.165) is 11.3 Å². The molecule has 0 aliphatic carbocycles. The van der Waals surface area contributed by atoms with Crippen LogP contribution < -0.4 is 15.4 Å². The van der Waals surface area contributed by atoms with E-state index in [2.05, 4.69) is 20.6 Å². The quantitative estimate of drug-likeness (QED) is 0.318. The lowest BCUT2D eigenvalue weighted by Gasteiger charge is -2.12. The van der Waals surface area contributed by atoms with Crippen molar-refractivity contribution in [3.63, 3.8) is 0 Å². The molecule has 1 aromatic heterocycles. The number of benzene rings is 1. The Morgan fingerprint density at radius 3 is 2.46 bits per heavy atom. The van der Waals surface area contributed by atoms with E-state index in [1.807, 2.05) is 49.4 Å². The van der Waals surface area contributed by atoms with Crippen LogP contribution in [-0.2, 0) is 13.2 Å². The Labute approximate surface area is 179 Å². The molecule has 9 heteroatoms. The Morgan fingerprint density at radius 1 is 1.11 bits per heavy atom. The standard InChI is InChI=1S/C19H23F3N4O.HI/c1-2-23-18(25-12-10-19(20,21)22)26-13-15-6-8-17(9-7-15)27-14-16-5-3-4-11-24-16;/h3-9,11H,2,10,12-14H2,1H3,(H2,23,25,26);1H. The van der Waals surface area contributed by atoms with Crippen LogP contribution in [0.2, 0.25) is 0 Å². The van der Waals surface area contributed by atoms with E-state index in [4.69, 9.17) is 4.74 Å². The molecule has 0 radical (unpaired) electrons. The van der Waals surface area contributed by atoms with Gasteiger partial charge in [0.1, 0.15) is 12.4 Å². The molecule has 5 nitrogen and oxygen atoms in total. The van der Waals surface area contributed by atoms with Crippen molar-refractivity contribution < 1.29 is 17.9 Å². The maximum absolute atomic E-state index is 12.2. The molecular formula is C19H24F3IN4O. The van der Waals surface area contributed by atoms with Gasteiger partial charge < -0.3 is 15.4 Å². The van der Waals surface area contributed by atoms with Crippen LogP contribution in [0.4, 0.5) is 13.2 Å². The van der Waals surface area contributed by atoms with Gasteiger partial charge in [-0.1, -0.05) is 18.2 Å². The minimum atomic E-state index is -4.19. The van der Waals surface area contributed by atoms with Gasteiger partial charge in [-0.3, -0.25) is 4.98 Å². The summed E-state index contributed by atoms with van der Waals surface area (Å²) in [6.45, 7) is 2.94. The van der Waals surface area contributed by atoms with Crippen molar-refractivity contribution in [2.75, 3.05) is 13.1 Å². The molecule has 0 bridgehead atoms. The molecule has 0 aliphatic heterocycles. The van der Waals surface area contributed by atoms with E-state index in [0.29, 0.717) is 31.4 Å². The molecule has 28 heavy (non-hydrogen) atoms. The molecule has 0 saturated carbocycles. The predicted octanol–water partition coefficient (Wildman–Crippen LogP) is 4.29. The lowest BCUT2D eigenvalue weighted by molar-refractivity contribution is -0.132. The number of alkyl halides is 3. The fourth-order valence-electron chi connectivity index (χ4n) is 2.17. The van der Waals surface area contributed by atoms with Gasteiger partial charge in [0.15, 0.2) is 5.96 Å². The molecule has 2 rings (SSSR count). The second kappa shape index (κ2) is 12.4. The number of rotatable bonds is 8. The Bertz CT molecular complexity index is 709. The number of hydrogen-bond acceptors (Lipinski definition) is 3. The summed E-state index contributed by atoms with van der Waals surface area (Å²) in [6, 6.07) is 13.0. The van der Waals surface area contributed by atoms with Gasteiger partial charge in [-0.15, -0.1) is 24.0 Å². The van der Waals surface area contributed by atoms with Crippen LogP contribution in [0.25, 0.3) is 0 Å². The van der Waals surface area contributed by atoms with E-state index in [9.17, 15) is 13.2 Å². The fourth-order valence-corrected chi connectivity index (χ4v) is 2.17. The van der Waals surface area contributed by atoms with E-state index in [1.165, 1.54) is 0 Å². The normalized spacial score (nSPS) is 11.5. The zero-order valence-corrected chi connectivity index (χ0v) is 17.8. The van der Waals surface area contributed by atoms with Crippen LogP contribution in [0.15, 0.2) is 53.7 Å². The van der Waals surface area contributed by atoms with E-state index < -0.39 is 12.6 Å². The summed E-state index contributed by atoms with van der Waals surface area (Å²) in [5.74, 6) is 1.07. The summed E-state index contributed by atoms with van der Waals surface area (Å²) in [7, 11) is 0. The van der Waals surface area contributed by atoms with Crippen molar-refractivity contribution in [1.82, 2.24) is 15.6 Å². The topological polar surface area (TPSA) is 58.5 Å². The third-order valence-electron chi connectivity index (χ3n) is 3.50. The van der Waals surface area contributed by atoms with Crippen LogP contribution in [0.5, 0.6) is 5.75 Å². The van der Waals surface area contributed by atoms with Gasteiger partial charge in [-0.25, -0.2) is 4.99 Å². The third-order valence-corrected chi connectivity index (χ3v) is 3.50. The molecule has 1 heterocycles. The smallest absolute Gasteiger partial charge is 0.390 e. The molecule has 0 unspecified atom stereocenters. The monoisotopic (exact) mass is 508 g/mol. The number of halogens is 4. The lowest BCUT2D eigenvalue weighted by Crippen LogP contribution is -2.38. The zero-order chi connectivity index (χ0) is 19.5. The average Bonchev–Trinajstić information content (AvgIpc) is 2.65. The van der Waals surface area contributed by atoms with Crippen molar-refractivity contribution in [3.8, 4) is 5.75 Å².